The van der Waals surface area contributed by atoms with Gasteiger partial charge in [-0.15, -0.1) is 0 Å². The number of sulfonamides is 1. The fourth-order valence-electron chi connectivity index (χ4n) is 3.45. The number of carbonyl (C=O) groups excluding carboxylic acids is 1. The lowest BCUT2D eigenvalue weighted by Gasteiger charge is -2.25. The van der Waals surface area contributed by atoms with E-state index in [1.807, 2.05) is 0 Å². The SMILES string of the molecule is CCOc1ccc(N(CC(=O)Nc2ccccc2C(F)(F)F)S(=O)(=O)c2cc(C)ccc2OC)cc1. The molecule has 1 N–H and O–H groups in total. The second-order valence-corrected chi connectivity index (χ2v) is 9.52. The Kier molecular flexibility index (Phi) is 8.13. The fourth-order valence-corrected chi connectivity index (χ4v) is 5.12. The molecular formula is C25H25F3N2O5S. The number of methoxy groups -OCH3 is 1. The molecule has 0 aliphatic rings. The van der Waals surface area contributed by atoms with Crippen LogP contribution in [-0.4, -0.2) is 34.6 Å². The van der Waals surface area contributed by atoms with Gasteiger partial charge in [-0.3, -0.25) is 9.10 Å². The number of anilines is 2. The molecule has 11 heteroatoms. The van der Waals surface area contributed by atoms with Crippen molar-refractivity contribution in [2.24, 2.45) is 0 Å². The normalized spacial score (nSPS) is 11.6. The minimum Gasteiger partial charge on any atom is -0.495 e. The molecule has 36 heavy (non-hydrogen) atoms. The molecule has 0 unspecified atom stereocenters. The maximum Gasteiger partial charge on any atom is 0.418 e. The number of carbonyl (C=O) groups is 1. The molecule has 0 radical (unpaired) electrons. The summed E-state index contributed by atoms with van der Waals surface area (Å²) in [5, 5.41) is 2.19. The van der Waals surface area contributed by atoms with Gasteiger partial charge >= 0.3 is 6.18 Å². The van der Waals surface area contributed by atoms with Crippen LogP contribution in [0.2, 0.25) is 0 Å². The van der Waals surface area contributed by atoms with E-state index in [1.54, 1.807) is 19.9 Å². The summed E-state index contributed by atoms with van der Waals surface area (Å²) in [6.45, 7) is 3.08. The van der Waals surface area contributed by atoms with Gasteiger partial charge in [-0.2, -0.15) is 13.2 Å². The average Bonchev–Trinajstić information content (AvgIpc) is 2.83. The molecule has 0 fully saturated rings. The van der Waals surface area contributed by atoms with E-state index < -0.39 is 39.9 Å². The number of aryl methyl sites for hydroxylation is 1. The lowest BCUT2D eigenvalue weighted by atomic mass is 10.1. The van der Waals surface area contributed by atoms with Gasteiger partial charge in [0.05, 0.1) is 30.7 Å². The highest BCUT2D eigenvalue weighted by atomic mass is 32.2. The average molecular weight is 523 g/mol. The maximum absolute atomic E-state index is 13.7. The molecule has 0 atom stereocenters. The van der Waals surface area contributed by atoms with E-state index in [9.17, 15) is 26.4 Å². The summed E-state index contributed by atoms with van der Waals surface area (Å²) in [5.74, 6) is -0.426. The molecule has 192 valence electrons. The number of hydrogen-bond acceptors (Lipinski definition) is 5. The fraction of sp³-hybridized carbons (Fsp3) is 0.240. The van der Waals surface area contributed by atoms with Gasteiger partial charge in [-0.05, 0) is 67.9 Å². The van der Waals surface area contributed by atoms with Gasteiger partial charge in [-0.1, -0.05) is 18.2 Å². The molecule has 3 aromatic carbocycles. The number of para-hydroxylation sites is 1. The largest absolute Gasteiger partial charge is 0.495 e. The van der Waals surface area contributed by atoms with E-state index in [0.717, 1.165) is 16.4 Å². The van der Waals surface area contributed by atoms with Crippen LogP contribution in [0.1, 0.15) is 18.1 Å². The second-order valence-electron chi connectivity index (χ2n) is 7.68. The van der Waals surface area contributed by atoms with Crippen LogP contribution in [0.4, 0.5) is 24.5 Å². The monoisotopic (exact) mass is 522 g/mol. The number of amides is 1. The van der Waals surface area contributed by atoms with Crippen LogP contribution in [0.15, 0.2) is 71.6 Å². The van der Waals surface area contributed by atoms with Crippen LogP contribution < -0.4 is 19.1 Å². The van der Waals surface area contributed by atoms with Crippen molar-refractivity contribution in [3.63, 3.8) is 0 Å². The highest BCUT2D eigenvalue weighted by Crippen LogP contribution is 2.35. The van der Waals surface area contributed by atoms with Crippen molar-refractivity contribution in [2.45, 2.75) is 24.9 Å². The third-order valence-electron chi connectivity index (χ3n) is 5.12. The highest BCUT2D eigenvalue weighted by molar-refractivity contribution is 7.93. The lowest BCUT2D eigenvalue weighted by molar-refractivity contribution is -0.137. The lowest BCUT2D eigenvalue weighted by Crippen LogP contribution is -2.38. The molecule has 7 nitrogen and oxygen atoms in total. The number of nitrogens with one attached hydrogen (secondary N) is 1. The number of benzene rings is 3. The Labute approximate surface area is 207 Å². The third-order valence-corrected chi connectivity index (χ3v) is 6.91. The minimum atomic E-state index is -4.71. The van der Waals surface area contributed by atoms with Gasteiger partial charge in [0.15, 0.2) is 0 Å². The summed E-state index contributed by atoms with van der Waals surface area (Å²) in [6, 6.07) is 15.0. The highest BCUT2D eigenvalue weighted by Gasteiger charge is 2.35. The van der Waals surface area contributed by atoms with Gasteiger partial charge in [0.25, 0.3) is 10.0 Å². The topological polar surface area (TPSA) is 84.9 Å². The molecule has 0 aliphatic heterocycles. The van der Waals surface area contributed by atoms with Gasteiger partial charge in [0.1, 0.15) is 22.9 Å². The zero-order valence-corrected chi connectivity index (χ0v) is 20.6. The smallest absolute Gasteiger partial charge is 0.418 e. The quantitative estimate of drug-likeness (QED) is 0.415. The van der Waals surface area contributed by atoms with E-state index in [2.05, 4.69) is 5.32 Å². The zero-order chi connectivity index (χ0) is 26.5. The van der Waals surface area contributed by atoms with Crippen molar-refractivity contribution in [3.05, 3.63) is 77.9 Å². The third kappa shape index (κ3) is 6.09. The molecule has 0 spiro atoms. The number of halogens is 3. The summed E-state index contributed by atoms with van der Waals surface area (Å²) in [5.41, 5.74) is -0.785. The van der Waals surface area contributed by atoms with E-state index in [0.29, 0.717) is 17.9 Å². The molecule has 0 aromatic heterocycles. The molecule has 0 saturated carbocycles. The van der Waals surface area contributed by atoms with Crippen molar-refractivity contribution in [1.29, 1.82) is 0 Å². The maximum atomic E-state index is 13.7. The van der Waals surface area contributed by atoms with Crippen molar-refractivity contribution in [3.8, 4) is 11.5 Å². The van der Waals surface area contributed by atoms with Gasteiger partial charge in [-0.25, -0.2) is 8.42 Å². The number of ether oxygens (including phenoxy) is 2. The summed E-state index contributed by atoms with van der Waals surface area (Å²) >= 11 is 0. The molecule has 0 aliphatic carbocycles. The van der Waals surface area contributed by atoms with Crippen molar-refractivity contribution in [1.82, 2.24) is 0 Å². The number of hydrogen-bond donors (Lipinski definition) is 1. The van der Waals surface area contributed by atoms with Crippen LogP contribution in [-0.2, 0) is 21.0 Å². The number of nitrogens with zero attached hydrogens (tertiary/aromatic N) is 1. The summed E-state index contributed by atoms with van der Waals surface area (Å²) in [4.78, 5) is 12.7. The first-order valence-corrected chi connectivity index (χ1v) is 12.3. The van der Waals surface area contributed by atoms with Crippen molar-refractivity contribution in [2.75, 3.05) is 29.9 Å². The Morgan fingerprint density at radius 1 is 1.03 bits per heavy atom. The van der Waals surface area contributed by atoms with E-state index in [4.69, 9.17) is 9.47 Å². The molecule has 1 amide bonds. The Balaban J connectivity index is 2.03. The van der Waals surface area contributed by atoms with Crippen molar-refractivity contribution >= 4 is 27.3 Å². The molecule has 3 rings (SSSR count). The predicted molar refractivity (Wildman–Crippen MR) is 130 cm³/mol. The van der Waals surface area contributed by atoms with Crippen LogP contribution in [0.25, 0.3) is 0 Å². The first kappa shape index (κ1) is 26.9. The van der Waals surface area contributed by atoms with E-state index in [-0.39, 0.29) is 16.3 Å². The minimum absolute atomic E-state index is 0.0550. The molecule has 3 aromatic rings. The standard InChI is InChI=1S/C25H25F3N2O5S/c1-4-35-19-12-10-18(11-13-19)30(36(32,33)23-15-17(2)9-14-22(23)34-3)16-24(31)29-21-8-6-5-7-20(21)25(26,27)28/h5-15H,4,16H2,1-3H3,(H,29,31). The molecule has 0 heterocycles. The number of alkyl halides is 3. The van der Waals surface area contributed by atoms with Gasteiger partial charge in [0.2, 0.25) is 5.91 Å². The second kappa shape index (κ2) is 10.9. The summed E-state index contributed by atoms with van der Waals surface area (Å²) in [7, 11) is -3.07. The Morgan fingerprint density at radius 3 is 2.31 bits per heavy atom. The summed E-state index contributed by atoms with van der Waals surface area (Å²) in [6.07, 6.45) is -4.71. The van der Waals surface area contributed by atoms with E-state index >= 15 is 0 Å². The van der Waals surface area contributed by atoms with Crippen molar-refractivity contribution < 1.29 is 35.9 Å². The van der Waals surface area contributed by atoms with Crippen LogP contribution in [0.5, 0.6) is 11.5 Å². The Morgan fingerprint density at radius 2 is 1.69 bits per heavy atom. The molecule has 0 bridgehead atoms. The van der Waals surface area contributed by atoms with E-state index in [1.165, 1.54) is 55.6 Å². The van der Waals surface area contributed by atoms with Crippen LogP contribution >= 0.6 is 0 Å². The molecule has 0 saturated heterocycles. The summed E-state index contributed by atoms with van der Waals surface area (Å²) < 4.78 is 79.0. The first-order valence-electron chi connectivity index (χ1n) is 10.8. The van der Waals surface area contributed by atoms with Crippen LogP contribution in [0.3, 0.4) is 0 Å². The number of rotatable bonds is 9. The Bertz CT molecular complexity index is 1330. The first-order chi connectivity index (χ1) is 17.0. The van der Waals surface area contributed by atoms with Crippen LogP contribution in [0, 0.1) is 6.92 Å². The Hall–Kier alpha value is -3.73. The van der Waals surface area contributed by atoms with Gasteiger partial charge in [0, 0.05) is 0 Å². The zero-order valence-electron chi connectivity index (χ0n) is 19.8. The predicted octanol–water partition coefficient (Wildman–Crippen LogP) is 5.26. The molecular weight excluding hydrogens is 497 g/mol. The van der Waals surface area contributed by atoms with Gasteiger partial charge < -0.3 is 14.8 Å².